The average Bonchev–Trinajstić information content (AvgIpc) is 3.09. The Balaban J connectivity index is 1.17. The predicted molar refractivity (Wildman–Crippen MR) is 114 cm³/mol. The second-order valence-electron chi connectivity index (χ2n) is 7.86. The smallest absolute Gasteiger partial charge is 0.408 e. The Bertz CT molecular complexity index is 953. The maximum Gasteiger partial charge on any atom is 0.417 e. The van der Waals surface area contributed by atoms with E-state index in [4.69, 9.17) is 16.0 Å². The second-order valence-corrected chi connectivity index (χ2v) is 8.29. The van der Waals surface area contributed by atoms with Gasteiger partial charge in [0.2, 0.25) is 0 Å². The Labute approximate surface area is 170 Å². The van der Waals surface area contributed by atoms with Gasteiger partial charge in [-0.15, -0.1) is 0 Å². The Morgan fingerprint density at radius 3 is 2.61 bits per heavy atom. The van der Waals surface area contributed by atoms with Crippen molar-refractivity contribution in [2.75, 3.05) is 6.54 Å². The summed E-state index contributed by atoms with van der Waals surface area (Å²) < 4.78 is 5.20. The molecule has 148 valence electrons. The van der Waals surface area contributed by atoms with Gasteiger partial charge in [-0.2, -0.15) is 0 Å². The number of fused-ring (bicyclic) bond motifs is 1. The molecule has 0 radical (unpaired) electrons. The minimum Gasteiger partial charge on any atom is -0.408 e. The molecule has 1 fully saturated rings. The first-order valence-electron chi connectivity index (χ1n) is 10.3. The first-order valence-corrected chi connectivity index (χ1v) is 10.7. The van der Waals surface area contributed by atoms with Crippen LogP contribution in [-0.2, 0) is 6.42 Å². The van der Waals surface area contributed by atoms with Gasteiger partial charge in [0.15, 0.2) is 5.58 Å². The molecular formula is C23H27ClN2O2. The number of nitrogens with one attached hydrogen (secondary N) is 2. The van der Waals surface area contributed by atoms with Crippen LogP contribution in [0.3, 0.4) is 0 Å². The number of aromatic nitrogens is 1. The van der Waals surface area contributed by atoms with Crippen molar-refractivity contribution in [3.05, 3.63) is 69.2 Å². The Kier molecular flexibility index (Phi) is 6.18. The van der Waals surface area contributed by atoms with Crippen LogP contribution < -0.4 is 11.1 Å². The summed E-state index contributed by atoms with van der Waals surface area (Å²) in [6, 6.07) is 14.9. The van der Waals surface area contributed by atoms with E-state index in [1.807, 2.05) is 24.3 Å². The highest BCUT2D eigenvalue weighted by Gasteiger charge is 2.22. The molecule has 1 heterocycles. The highest BCUT2D eigenvalue weighted by molar-refractivity contribution is 6.30. The van der Waals surface area contributed by atoms with Crippen molar-refractivity contribution in [1.29, 1.82) is 0 Å². The van der Waals surface area contributed by atoms with Crippen molar-refractivity contribution in [1.82, 2.24) is 10.3 Å². The van der Waals surface area contributed by atoms with Crippen molar-refractivity contribution in [2.24, 2.45) is 0 Å². The van der Waals surface area contributed by atoms with Crippen molar-refractivity contribution in [3.8, 4) is 0 Å². The largest absolute Gasteiger partial charge is 0.417 e. The Morgan fingerprint density at radius 2 is 1.82 bits per heavy atom. The third-order valence-electron chi connectivity index (χ3n) is 5.88. The summed E-state index contributed by atoms with van der Waals surface area (Å²) in [5, 5.41) is 4.54. The van der Waals surface area contributed by atoms with Gasteiger partial charge in [0.1, 0.15) is 0 Å². The molecule has 2 N–H and O–H groups in total. The molecule has 1 aliphatic carbocycles. The topological polar surface area (TPSA) is 58.0 Å². The van der Waals surface area contributed by atoms with Gasteiger partial charge in [0.05, 0.1) is 5.52 Å². The number of oxazole rings is 1. The monoisotopic (exact) mass is 398 g/mol. The number of aromatic amines is 1. The molecule has 0 spiro atoms. The first-order chi connectivity index (χ1) is 13.7. The van der Waals surface area contributed by atoms with Crippen LogP contribution in [0.5, 0.6) is 0 Å². The predicted octanol–water partition coefficient (Wildman–Crippen LogP) is 5.41. The van der Waals surface area contributed by atoms with Crippen molar-refractivity contribution >= 4 is 22.7 Å². The lowest BCUT2D eigenvalue weighted by Crippen LogP contribution is -2.33. The maximum absolute atomic E-state index is 11.3. The third kappa shape index (κ3) is 4.86. The van der Waals surface area contributed by atoms with Gasteiger partial charge in [0.25, 0.3) is 0 Å². The van der Waals surface area contributed by atoms with Crippen LogP contribution in [-0.4, -0.2) is 17.6 Å². The van der Waals surface area contributed by atoms with Gasteiger partial charge >= 0.3 is 5.76 Å². The Morgan fingerprint density at radius 1 is 1.04 bits per heavy atom. The van der Waals surface area contributed by atoms with Crippen molar-refractivity contribution in [2.45, 2.75) is 56.9 Å². The van der Waals surface area contributed by atoms with Crippen LogP contribution in [0.2, 0.25) is 5.02 Å². The molecule has 0 amide bonds. The number of aryl methyl sites for hydroxylation is 1. The lowest BCUT2D eigenvalue weighted by molar-refractivity contribution is 0.341. The molecule has 2 aromatic carbocycles. The molecule has 1 aromatic heterocycles. The lowest BCUT2D eigenvalue weighted by Gasteiger charge is -2.29. The Hall–Kier alpha value is -2.04. The molecule has 0 aliphatic heterocycles. The fourth-order valence-corrected chi connectivity index (χ4v) is 4.38. The number of hydrogen-bond acceptors (Lipinski definition) is 3. The number of halogens is 1. The molecule has 0 unspecified atom stereocenters. The zero-order valence-corrected chi connectivity index (χ0v) is 16.8. The molecule has 4 rings (SSSR count). The van der Waals surface area contributed by atoms with E-state index in [9.17, 15) is 4.79 Å². The minimum absolute atomic E-state index is 0.379. The van der Waals surface area contributed by atoms with Crippen LogP contribution in [0.4, 0.5) is 0 Å². The summed E-state index contributed by atoms with van der Waals surface area (Å²) in [4.78, 5) is 14.0. The summed E-state index contributed by atoms with van der Waals surface area (Å²) in [5.41, 5.74) is 4.10. The van der Waals surface area contributed by atoms with Crippen LogP contribution in [0, 0.1) is 0 Å². The average molecular weight is 399 g/mol. The summed E-state index contributed by atoms with van der Waals surface area (Å²) >= 11 is 5.93. The van der Waals surface area contributed by atoms with Crippen LogP contribution in [0.15, 0.2) is 51.7 Å². The molecule has 0 saturated heterocycles. The van der Waals surface area contributed by atoms with E-state index in [0.29, 0.717) is 17.5 Å². The quantitative estimate of drug-likeness (QED) is 0.523. The van der Waals surface area contributed by atoms with E-state index in [0.717, 1.165) is 23.5 Å². The van der Waals surface area contributed by atoms with Gasteiger partial charge in [-0.25, -0.2) is 4.79 Å². The van der Waals surface area contributed by atoms with Crippen LogP contribution >= 0.6 is 11.6 Å². The molecule has 1 aliphatic rings. The number of hydrogen-bond donors (Lipinski definition) is 2. The fourth-order valence-electron chi connectivity index (χ4n) is 4.26. The maximum atomic E-state index is 11.3. The molecule has 1 saturated carbocycles. The van der Waals surface area contributed by atoms with E-state index in [2.05, 4.69) is 28.5 Å². The van der Waals surface area contributed by atoms with Gasteiger partial charge in [-0.3, -0.25) is 4.98 Å². The van der Waals surface area contributed by atoms with Crippen molar-refractivity contribution in [3.63, 3.8) is 0 Å². The molecule has 28 heavy (non-hydrogen) atoms. The first kappa shape index (κ1) is 19.3. The molecule has 3 aromatic rings. The summed E-state index contributed by atoms with van der Waals surface area (Å²) in [6.07, 6.45) is 8.29. The van der Waals surface area contributed by atoms with E-state index in [-0.39, 0.29) is 5.76 Å². The van der Waals surface area contributed by atoms with Crippen LogP contribution in [0.25, 0.3) is 11.1 Å². The second kappa shape index (κ2) is 8.97. The normalized spacial score (nSPS) is 19.9. The van der Waals surface area contributed by atoms with Crippen molar-refractivity contribution < 1.29 is 4.42 Å². The fraction of sp³-hybridized carbons (Fsp3) is 0.435. The van der Waals surface area contributed by atoms with E-state index < -0.39 is 0 Å². The SMILES string of the molecule is O=c1[nH]c2ccc(C3CCC(NCCCCc4ccc(Cl)cc4)CC3)cc2o1. The highest BCUT2D eigenvalue weighted by atomic mass is 35.5. The van der Waals surface area contributed by atoms with E-state index in [1.54, 1.807) is 0 Å². The molecular weight excluding hydrogens is 372 g/mol. The molecule has 0 atom stereocenters. The van der Waals surface area contributed by atoms with Gasteiger partial charge in [-0.1, -0.05) is 29.8 Å². The molecule has 5 heteroatoms. The summed E-state index contributed by atoms with van der Waals surface area (Å²) in [7, 11) is 0. The molecule has 4 nitrogen and oxygen atoms in total. The number of benzene rings is 2. The van der Waals surface area contributed by atoms with Gasteiger partial charge in [-0.05, 0) is 92.8 Å². The molecule has 0 bridgehead atoms. The van der Waals surface area contributed by atoms with Gasteiger partial charge in [0, 0.05) is 11.1 Å². The summed E-state index contributed by atoms with van der Waals surface area (Å²) in [5.74, 6) is 0.184. The lowest BCUT2D eigenvalue weighted by atomic mass is 9.81. The van der Waals surface area contributed by atoms with E-state index >= 15 is 0 Å². The minimum atomic E-state index is -0.379. The zero-order chi connectivity index (χ0) is 19.3. The highest BCUT2D eigenvalue weighted by Crippen LogP contribution is 2.34. The summed E-state index contributed by atoms with van der Waals surface area (Å²) in [6.45, 7) is 1.09. The number of H-pyrrole nitrogens is 1. The van der Waals surface area contributed by atoms with Crippen LogP contribution in [0.1, 0.15) is 55.6 Å². The zero-order valence-electron chi connectivity index (χ0n) is 16.0. The number of rotatable bonds is 7. The third-order valence-corrected chi connectivity index (χ3v) is 6.13. The van der Waals surface area contributed by atoms with Gasteiger partial charge < -0.3 is 9.73 Å². The van der Waals surface area contributed by atoms with E-state index in [1.165, 1.54) is 49.7 Å². The number of unbranched alkanes of at least 4 members (excludes halogenated alkanes) is 1. The standard InChI is InChI=1S/C23H27ClN2O2/c24-19-9-4-16(5-10-19)3-1-2-14-25-20-11-6-17(7-12-20)18-8-13-21-22(15-18)28-23(27)26-21/h4-5,8-10,13,15,17,20,25H,1-3,6-7,11-12,14H2,(H,26,27).